The van der Waals surface area contributed by atoms with Gasteiger partial charge >= 0.3 is 6.18 Å². The number of alkyl halides is 3. The molecule has 0 atom stereocenters. The van der Waals surface area contributed by atoms with Crippen LogP contribution in [0.1, 0.15) is 16.1 Å². The van der Waals surface area contributed by atoms with Crippen molar-refractivity contribution in [2.45, 2.75) is 6.18 Å². The molecule has 1 fully saturated rings. The second-order valence-electron chi connectivity index (χ2n) is 5.19. The van der Waals surface area contributed by atoms with Gasteiger partial charge in [0.25, 0.3) is 0 Å². The first kappa shape index (κ1) is 15.6. The molecule has 1 aliphatic rings. The maximum Gasteiger partial charge on any atom is 0.416 e. The van der Waals surface area contributed by atoms with Crippen molar-refractivity contribution in [3.63, 3.8) is 0 Å². The van der Waals surface area contributed by atoms with Gasteiger partial charge in [0.15, 0.2) is 12.0 Å². The summed E-state index contributed by atoms with van der Waals surface area (Å²) in [5.74, 6) is 0.304. The molecule has 0 N–H and O–H groups in total. The van der Waals surface area contributed by atoms with E-state index in [0.717, 1.165) is 12.1 Å². The molecular weight excluding hydrogens is 311 g/mol. The summed E-state index contributed by atoms with van der Waals surface area (Å²) in [4.78, 5) is 12.5. The maximum atomic E-state index is 13.2. The number of anilines is 1. The highest BCUT2D eigenvalue weighted by Gasteiger charge is 2.32. The van der Waals surface area contributed by atoms with Crippen molar-refractivity contribution in [2.75, 3.05) is 31.2 Å². The van der Waals surface area contributed by atoms with Crippen molar-refractivity contribution in [1.29, 1.82) is 0 Å². The van der Waals surface area contributed by atoms with Gasteiger partial charge in [-0.2, -0.15) is 13.2 Å². The summed E-state index contributed by atoms with van der Waals surface area (Å²) < 4.78 is 50.0. The number of hydrogen-bond acceptors (Lipinski definition) is 4. The summed E-state index contributed by atoms with van der Waals surface area (Å²) in [5, 5.41) is 0. The molecule has 0 spiro atoms. The van der Waals surface area contributed by atoms with Crippen molar-refractivity contribution in [3.05, 3.63) is 41.7 Å². The van der Waals surface area contributed by atoms with Gasteiger partial charge in [0.1, 0.15) is 5.76 Å². The number of aldehydes is 1. The first-order chi connectivity index (χ1) is 11.0. The van der Waals surface area contributed by atoms with Gasteiger partial charge in [-0.05, 0) is 30.3 Å². The highest BCUT2D eigenvalue weighted by molar-refractivity contribution is 5.74. The van der Waals surface area contributed by atoms with E-state index < -0.39 is 11.7 Å². The van der Waals surface area contributed by atoms with Crippen molar-refractivity contribution >= 4 is 12.0 Å². The van der Waals surface area contributed by atoms with Gasteiger partial charge in [-0.15, -0.1) is 0 Å². The molecule has 0 bridgehead atoms. The molecule has 2 aromatic rings. The molecule has 1 aromatic carbocycles. The average molecular weight is 325 g/mol. The SMILES string of the molecule is O=Cc1ccc(-c2cc(N3CCOCC3)cc(C(F)(F)F)c2)o1. The monoisotopic (exact) mass is 325 g/mol. The van der Waals surface area contributed by atoms with E-state index in [4.69, 9.17) is 9.15 Å². The topological polar surface area (TPSA) is 42.7 Å². The third kappa shape index (κ3) is 3.39. The standard InChI is InChI=1S/C16H14F3NO3/c17-16(18,19)12-7-11(15-2-1-14(10-21)23-15)8-13(9-12)20-3-5-22-6-4-20/h1-2,7-10H,3-6H2. The fourth-order valence-corrected chi connectivity index (χ4v) is 2.49. The molecule has 122 valence electrons. The Hall–Kier alpha value is -2.28. The van der Waals surface area contributed by atoms with Gasteiger partial charge in [-0.3, -0.25) is 4.79 Å². The van der Waals surface area contributed by atoms with Gasteiger partial charge in [-0.1, -0.05) is 0 Å². The van der Waals surface area contributed by atoms with Gasteiger partial charge in [0.05, 0.1) is 18.8 Å². The molecule has 1 aromatic heterocycles. The van der Waals surface area contributed by atoms with Gasteiger partial charge < -0.3 is 14.1 Å². The number of benzene rings is 1. The van der Waals surface area contributed by atoms with Crippen LogP contribution >= 0.6 is 0 Å². The molecule has 0 saturated carbocycles. The Labute approximate surface area is 130 Å². The minimum Gasteiger partial charge on any atom is -0.453 e. The first-order valence-corrected chi connectivity index (χ1v) is 7.08. The molecule has 0 amide bonds. The summed E-state index contributed by atoms with van der Waals surface area (Å²) in [5.41, 5.74) is -0.00265. The molecule has 3 rings (SSSR count). The second-order valence-corrected chi connectivity index (χ2v) is 5.19. The Morgan fingerprint density at radius 3 is 2.43 bits per heavy atom. The normalized spacial score (nSPS) is 15.7. The fraction of sp³-hybridized carbons (Fsp3) is 0.312. The van der Waals surface area contributed by atoms with Crippen LogP contribution in [0, 0.1) is 0 Å². The molecule has 4 nitrogen and oxygen atoms in total. The third-order valence-corrected chi connectivity index (χ3v) is 3.65. The molecular formula is C16H14F3NO3. The van der Waals surface area contributed by atoms with Crippen LogP contribution in [0.4, 0.5) is 18.9 Å². The number of nitrogens with zero attached hydrogens (tertiary/aromatic N) is 1. The second kappa shape index (κ2) is 6.08. The molecule has 7 heteroatoms. The molecule has 0 unspecified atom stereocenters. The largest absolute Gasteiger partial charge is 0.453 e. The van der Waals surface area contributed by atoms with Gasteiger partial charge in [-0.25, -0.2) is 0 Å². The molecule has 1 aliphatic heterocycles. The molecule has 23 heavy (non-hydrogen) atoms. The lowest BCUT2D eigenvalue weighted by Crippen LogP contribution is -2.36. The van der Waals surface area contributed by atoms with Gasteiger partial charge in [0, 0.05) is 24.3 Å². The van der Waals surface area contributed by atoms with Crippen molar-refractivity contribution in [3.8, 4) is 11.3 Å². The maximum absolute atomic E-state index is 13.2. The zero-order valence-corrected chi connectivity index (χ0v) is 12.1. The smallest absolute Gasteiger partial charge is 0.416 e. The van der Waals surface area contributed by atoms with Crippen molar-refractivity contribution < 1.29 is 27.1 Å². The van der Waals surface area contributed by atoms with E-state index >= 15 is 0 Å². The fourth-order valence-electron chi connectivity index (χ4n) is 2.49. The molecule has 0 radical (unpaired) electrons. The Kier molecular flexibility index (Phi) is 4.12. The number of ether oxygens (including phenoxy) is 1. The van der Waals surface area contributed by atoms with Crippen LogP contribution in [0.15, 0.2) is 34.7 Å². The minimum absolute atomic E-state index is 0.0744. The number of rotatable bonds is 3. The minimum atomic E-state index is -4.46. The lowest BCUT2D eigenvalue weighted by atomic mass is 10.1. The van der Waals surface area contributed by atoms with E-state index in [2.05, 4.69) is 0 Å². The van der Waals surface area contributed by atoms with Crippen LogP contribution in [0.5, 0.6) is 0 Å². The zero-order valence-electron chi connectivity index (χ0n) is 12.1. The Bertz CT molecular complexity index is 703. The number of carbonyl (C=O) groups is 1. The number of halogens is 3. The highest BCUT2D eigenvalue weighted by atomic mass is 19.4. The zero-order chi connectivity index (χ0) is 16.4. The quantitative estimate of drug-likeness (QED) is 0.809. The van der Waals surface area contributed by atoms with Crippen LogP contribution in [0.2, 0.25) is 0 Å². The van der Waals surface area contributed by atoms with Crippen molar-refractivity contribution in [2.24, 2.45) is 0 Å². The summed E-state index contributed by atoms with van der Waals surface area (Å²) in [7, 11) is 0. The lowest BCUT2D eigenvalue weighted by molar-refractivity contribution is -0.137. The summed E-state index contributed by atoms with van der Waals surface area (Å²) >= 11 is 0. The number of morpholine rings is 1. The van der Waals surface area contributed by atoms with Crippen LogP contribution in [0.25, 0.3) is 11.3 Å². The average Bonchev–Trinajstić information content (AvgIpc) is 3.03. The molecule has 1 saturated heterocycles. The Morgan fingerprint density at radius 2 is 1.83 bits per heavy atom. The van der Waals surface area contributed by atoms with E-state index in [-0.39, 0.29) is 17.1 Å². The number of hydrogen-bond donors (Lipinski definition) is 0. The van der Waals surface area contributed by atoms with Crippen LogP contribution < -0.4 is 4.90 Å². The molecule has 0 aliphatic carbocycles. The summed E-state index contributed by atoms with van der Waals surface area (Å²) in [6, 6.07) is 6.70. The molecule has 2 heterocycles. The van der Waals surface area contributed by atoms with Crippen LogP contribution in [0.3, 0.4) is 0 Å². The van der Waals surface area contributed by atoms with Gasteiger partial charge in [0.2, 0.25) is 0 Å². The highest BCUT2D eigenvalue weighted by Crippen LogP contribution is 2.36. The Balaban J connectivity index is 2.05. The van der Waals surface area contributed by atoms with Crippen molar-refractivity contribution in [1.82, 2.24) is 0 Å². The lowest BCUT2D eigenvalue weighted by Gasteiger charge is -2.29. The van der Waals surface area contributed by atoms with E-state index in [1.54, 1.807) is 6.07 Å². The third-order valence-electron chi connectivity index (χ3n) is 3.65. The van der Waals surface area contributed by atoms with E-state index in [9.17, 15) is 18.0 Å². The van der Waals surface area contributed by atoms with Crippen LogP contribution in [-0.4, -0.2) is 32.6 Å². The van der Waals surface area contributed by atoms with Crippen LogP contribution in [-0.2, 0) is 10.9 Å². The van der Waals surface area contributed by atoms with E-state index in [1.165, 1.54) is 12.1 Å². The first-order valence-electron chi connectivity index (χ1n) is 7.08. The van der Waals surface area contributed by atoms with E-state index in [0.29, 0.717) is 38.3 Å². The number of carbonyl (C=O) groups excluding carboxylic acids is 1. The predicted molar refractivity (Wildman–Crippen MR) is 77.6 cm³/mol. The summed E-state index contributed by atoms with van der Waals surface area (Å²) in [6.07, 6.45) is -3.95. The Morgan fingerprint density at radius 1 is 1.09 bits per heavy atom. The predicted octanol–water partition coefficient (Wildman–Crippen LogP) is 3.61. The number of furan rings is 1. The van der Waals surface area contributed by atoms with E-state index in [1.807, 2.05) is 4.90 Å². The summed E-state index contributed by atoms with van der Waals surface area (Å²) in [6.45, 7) is 2.00.